The number of halogens is 2. The summed E-state index contributed by atoms with van der Waals surface area (Å²) in [5.41, 5.74) is 6.25. The molecule has 3 aromatic rings. The number of benzene rings is 2. The third-order valence-electron chi connectivity index (χ3n) is 4.18. The van der Waals surface area contributed by atoms with E-state index in [-0.39, 0.29) is 35.7 Å². The van der Waals surface area contributed by atoms with Crippen LogP contribution in [0.2, 0.25) is 0 Å². The van der Waals surface area contributed by atoms with Crippen molar-refractivity contribution < 1.29 is 18.4 Å². The maximum Gasteiger partial charge on any atom is 0.258 e. The van der Waals surface area contributed by atoms with E-state index in [4.69, 9.17) is 5.73 Å². The third-order valence-corrected chi connectivity index (χ3v) is 4.18. The second-order valence-electron chi connectivity index (χ2n) is 6.04. The van der Waals surface area contributed by atoms with Crippen molar-refractivity contribution in [2.24, 2.45) is 5.73 Å². The largest absolute Gasteiger partial charge is 0.324 e. The molecule has 1 amide bonds. The monoisotopic (exact) mass is 381 g/mol. The number of hydrogen-bond donors (Lipinski definition) is 1. The van der Waals surface area contributed by atoms with Crippen LogP contribution in [-0.4, -0.2) is 23.2 Å². The SMILES string of the molecule is NCC(=O)c1ccc(CN(C(=O)c2ccncc2)c2cccc(F)c2)c(F)c1. The Morgan fingerprint density at radius 3 is 2.36 bits per heavy atom. The molecule has 2 N–H and O–H groups in total. The topological polar surface area (TPSA) is 76.3 Å². The number of pyridine rings is 1. The first-order valence-corrected chi connectivity index (χ1v) is 8.48. The van der Waals surface area contributed by atoms with Crippen LogP contribution in [-0.2, 0) is 6.54 Å². The molecule has 0 fully saturated rings. The fourth-order valence-corrected chi connectivity index (χ4v) is 2.71. The van der Waals surface area contributed by atoms with E-state index in [1.165, 1.54) is 59.8 Å². The molecule has 1 heterocycles. The lowest BCUT2D eigenvalue weighted by atomic mass is 10.1. The van der Waals surface area contributed by atoms with Gasteiger partial charge in [-0.05, 0) is 36.4 Å². The van der Waals surface area contributed by atoms with Crippen molar-refractivity contribution in [3.63, 3.8) is 0 Å². The molecule has 0 radical (unpaired) electrons. The summed E-state index contributed by atoms with van der Waals surface area (Å²) in [7, 11) is 0. The molecular formula is C21H17F2N3O2. The normalized spacial score (nSPS) is 10.5. The highest BCUT2D eigenvalue weighted by molar-refractivity contribution is 6.06. The number of hydrogen-bond acceptors (Lipinski definition) is 4. The van der Waals surface area contributed by atoms with Gasteiger partial charge in [0, 0.05) is 34.8 Å². The van der Waals surface area contributed by atoms with Gasteiger partial charge >= 0.3 is 0 Å². The Balaban J connectivity index is 1.98. The van der Waals surface area contributed by atoms with Crippen LogP contribution in [0.15, 0.2) is 67.0 Å². The van der Waals surface area contributed by atoms with E-state index in [0.717, 1.165) is 6.07 Å². The Morgan fingerprint density at radius 2 is 1.71 bits per heavy atom. The molecule has 0 saturated heterocycles. The van der Waals surface area contributed by atoms with Crippen LogP contribution in [0.3, 0.4) is 0 Å². The molecule has 1 aromatic heterocycles. The summed E-state index contributed by atoms with van der Waals surface area (Å²) in [6.45, 7) is -0.373. The molecular weight excluding hydrogens is 364 g/mol. The molecule has 7 heteroatoms. The van der Waals surface area contributed by atoms with Crippen molar-refractivity contribution in [3.05, 3.63) is 95.3 Å². The number of carbonyl (C=O) groups is 2. The highest BCUT2D eigenvalue weighted by Crippen LogP contribution is 2.23. The van der Waals surface area contributed by atoms with Crippen LogP contribution in [0.25, 0.3) is 0 Å². The predicted octanol–water partition coefficient (Wildman–Crippen LogP) is 3.35. The van der Waals surface area contributed by atoms with E-state index in [1.54, 1.807) is 6.07 Å². The Kier molecular flexibility index (Phi) is 5.86. The van der Waals surface area contributed by atoms with Gasteiger partial charge in [0.2, 0.25) is 0 Å². The summed E-state index contributed by atoms with van der Waals surface area (Å²) in [4.78, 5) is 29.8. The smallest absolute Gasteiger partial charge is 0.258 e. The zero-order chi connectivity index (χ0) is 20.1. The van der Waals surface area contributed by atoms with Gasteiger partial charge in [0.1, 0.15) is 11.6 Å². The minimum atomic E-state index is -0.650. The summed E-state index contributed by atoms with van der Waals surface area (Å²) in [6.07, 6.45) is 2.93. The number of Topliss-reactive ketones (excluding diaryl/α,β-unsaturated/α-hetero) is 1. The maximum atomic E-state index is 14.6. The fraction of sp³-hybridized carbons (Fsp3) is 0.0952. The average molecular weight is 381 g/mol. The predicted molar refractivity (Wildman–Crippen MR) is 101 cm³/mol. The van der Waals surface area contributed by atoms with E-state index in [2.05, 4.69) is 4.98 Å². The summed E-state index contributed by atoms with van der Waals surface area (Å²) >= 11 is 0. The van der Waals surface area contributed by atoms with Gasteiger partial charge in [0.05, 0.1) is 13.1 Å². The fourth-order valence-electron chi connectivity index (χ4n) is 2.71. The van der Waals surface area contributed by atoms with Crippen LogP contribution in [0.4, 0.5) is 14.5 Å². The van der Waals surface area contributed by atoms with Crippen molar-refractivity contribution >= 4 is 17.4 Å². The second-order valence-corrected chi connectivity index (χ2v) is 6.04. The minimum absolute atomic E-state index is 0.145. The molecule has 0 atom stereocenters. The first-order chi connectivity index (χ1) is 13.5. The van der Waals surface area contributed by atoms with Crippen molar-refractivity contribution in [2.45, 2.75) is 6.54 Å². The zero-order valence-corrected chi connectivity index (χ0v) is 14.8. The highest BCUT2D eigenvalue weighted by atomic mass is 19.1. The van der Waals surface area contributed by atoms with Crippen molar-refractivity contribution in [1.82, 2.24) is 4.98 Å². The van der Waals surface area contributed by atoms with Crippen LogP contribution < -0.4 is 10.6 Å². The summed E-state index contributed by atoms with van der Waals surface area (Å²) < 4.78 is 28.3. The van der Waals surface area contributed by atoms with E-state index in [9.17, 15) is 18.4 Å². The van der Waals surface area contributed by atoms with Gasteiger partial charge in [-0.1, -0.05) is 18.2 Å². The number of aromatic nitrogens is 1. The number of carbonyl (C=O) groups excluding carboxylic acids is 2. The van der Waals surface area contributed by atoms with Gasteiger partial charge in [-0.15, -0.1) is 0 Å². The number of ketones is 1. The molecule has 0 bridgehead atoms. The summed E-state index contributed by atoms with van der Waals surface area (Å²) in [6, 6.07) is 12.5. The van der Waals surface area contributed by atoms with Crippen LogP contribution in [0.5, 0.6) is 0 Å². The van der Waals surface area contributed by atoms with Crippen molar-refractivity contribution in [2.75, 3.05) is 11.4 Å². The number of nitrogens with zero attached hydrogens (tertiary/aromatic N) is 2. The number of anilines is 1. The Hall–Kier alpha value is -3.45. The van der Waals surface area contributed by atoms with E-state index in [1.807, 2.05) is 0 Å². The van der Waals surface area contributed by atoms with Crippen LogP contribution >= 0.6 is 0 Å². The van der Waals surface area contributed by atoms with Crippen LogP contribution in [0, 0.1) is 11.6 Å². The molecule has 142 valence electrons. The molecule has 5 nitrogen and oxygen atoms in total. The zero-order valence-electron chi connectivity index (χ0n) is 14.8. The summed E-state index contributed by atoms with van der Waals surface area (Å²) in [5, 5.41) is 0. The Labute approximate surface area is 160 Å². The molecule has 28 heavy (non-hydrogen) atoms. The molecule has 0 saturated carbocycles. The van der Waals surface area contributed by atoms with E-state index >= 15 is 0 Å². The molecule has 0 aliphatic carbocycles. The van der Waals surface area contributed by atoms with E-state index < -0.39 is 17.5 Å². The van der Waals surface area contributed by atoms with Gasteiger partial charge in [-0.2, -0.15) is 0 Å². The number of nitrogens with two attached hydrogens (primary N) is 1. The third kappa shape index (κ3) is 4.27. The van der Waals surface area contributed by atoms with Gasteiger partial charge in [0.25, 0.3) is 5.91 Å². The molecule has 0 aliphatic heterocycles. The van der Waals surface area contributed by atoms with Gasteiger partial charge in [0.15, 0.2) is 5.78 Å². The first-order valence-electron chi connectivity index (χ1n) is 8.48. The Morgan fingerprint density at radius 1 is 0.964 bits per heavy atom. The lowest BCUT2D eigenvalue weighted by Gasteiger charge is -2.23. The molecule has 0 aliphatic rings. The second kappa shape index (κ2) is 8.49. The van der Waals surface area contributed by atoms with E-state index in [0.29, 0.717) is 5.56 Å². The standard InChI is InChI=1S/C21H17F2N3O2/c22-17-2-1-3-18(11-17)26(21(28)14-6-8-25-9-7-14)13-16-5-4-15(10-19(16)23)20(27)12-24/h1-11H,12-13,24H2. The molecule has 3 rings (SSSR count). The van der Waals surface area contributed by atoms with Gasteiger partial charge < -0.3 is 10.6 Å². The minimum Gasteiger partial charge on any atom is -0.324 e. The molecule has 0 spiro atoms. The first kappa shape index (κ1) is 19.3. The quantitative estimate of drug-likeness (QED) is 0.665. The highest BCUT2D eigenvalue weighted by Gasteiger charge is 2.20. The molecule has 2 aromatic carbocycles. The lowest BCUT2D eigenvalue weighted by molar-refractivity contribution is 0.0981. The van der Waals surface area contributed by atoms with Gasteiger partial charge in [-0.3, -0.25) is 14.6 Å². The van der Waals surface area contributed by atoms with Crippen LogP contribution in [0.1, 0.15) is 26.3 Å². The number of rotatable bonds is 6. The molecule has 0 unspecified atom stereocenters. The van der Waals surface area contributed by atoms with Crippen molar-refractivity contribution in [3.8, 4) is 0 Å². The average Bonchev–Trinajstić information content (AvgIpc) is 2.72. The van der Waals surface area contributed by atoms with Crippen molar-refractivity contribution in [1.29, 1.82) is 0 Å². The summed E-state index contributed by atoms with van der Waals surface area (Å²) in [5.74, 6) is -1.99. The van der Waals surface area contributed by atoms with Gasteiger partial charge in [-0.25, -0.2) is 8.78 Å². The lowest BCUT2D eigenvalue weighted by Crippen LogP contribution is -2.31. The Bertz CT molecular complexity index is 1010. The number of amides is 1. The maximum absolute atomic E-state index is 14.6.